The van der Waals surface area contributed by atoms with Crippen LogP contribution in [0.5, 0.6) is 0 Å². The predicted molar refractivity (Wildman–Crippen MR) is 82.7 cm³/mol. The van der Waals surface area contributed by atoms with Gasteiger partial charge in [-0.15, -0.1) is 0 Å². The van der Waals surface area contributed by atoms with Crippen LogP contribution in [0.25, 0.3) is 0 Å². The van der Waals surface area contributed by atoms with Crippen molar-refractivity contribution in [3.05, 3.63) is 41.7 Å². The van der Waals surface area contributed by atoms with E-state index in [0.717, 1.165) is 36.2 Å². The maximum Gasteiger partial charge on any atom is 0.136 e. The van der Waals surface area contributed by atoms with Crippen LogP contribution in [0.3, 0.4) is 0 Å². The van der Waals surface area contributed by atoms with E-state index in [9.17, 15) is 0 Å². The molecule has 2 heterocycles. The number of aryl methyl sites for hydroxylation is 2. The van der Waals surface area contributed by atoms with Gasteiger partial charge in [-0.1, -0.05) is 18.2 Å². The number of anilines is 3. The molecule has 0 spiro atoms. The molecule has 0 unspecified atom stereocenters. The maximum absolute atomic E-state index is 4.55. The van der Waals surface area contributed by atoms with Crippen LogP contribution in [0.15, 0.2) is 30.3 Å². The van der Waals surface area contributed by atoms with Crippen molar-refractivity contribution >= 4 is 17.3 Å². The zero-order chi connectivity index (χ0) is 13.9. The number of nitrogens with zero attached hydrogens (tertiary/aromatic N) is 3. The number of benzene rings is 1. The highest BCUT2D eigenvalue weighted by Crippen LogP contribution is 2.24. The fourth-order valence-electron chi connectivity index (χ4n) is 2.58. The van der Waals surface area contributed by atoms with Crippen molar-refractivity contribution < 1.29 is 0 Å². The number of nitrogens with one attached hydrogen (secondary N) is 1. The van der Waals surface area contributed by atoms with Crippen molar-refractivity contribution in [2.24, 2.45) is 0 Å². The van der Waals surface area contributed by atoms with Gasteiger partial charge in [0.15, 0.2) is 0 Å². The SMILES string of the molecule is Cc1nc(Nc2ccccc2C)cc(N2CCCC2)n1. The molecule has 2 aromatic rings. The monoisotopic (exact) mass is 268 g/mol. The van der Waals surface area contributed by atoms with E-state index in [2.05, 4.69) is 39.2 Å². The maximum atomic E-state index is 4.55. The second kappa shape index (κ2) is 5.49. The lowest BCUT2D eigenvalue weighted by atomic mass is 10.2. The Balaban J connectivity index is 1.88. The summed E-state index contributed by atoms with van der Waals surface area (Å²) in [5, 5.41) is 3.40. The molecule has 3 rings (SSSR count). The molecule has 1 aromatic heterocycles. The number of hydrogen-bond acceptors (Lipinski definition) is 4. The first-order valence-corrected chi connectivity index (χ1v) is 7.16. The van der Waals surface area contributed by atoms with E-state index in [-0.39, 0.29) is 0 Å². The van der Waals surface area contributed by atoms with Crippen molar-refractivity contribution in [1.29, 1.82) is 0 Å². The molecule has 1 saturated heterocycles. The molecule has 1 fully saturated rings. The predicted octanol–water partition coefficient (Wildman–Crippen LogP) is 3.44. The van der Waals surface area contributed by atoms with Crippen LogP contribution in [0.4, 0.5) is 17.3 Å². The minimum atomic E-state index is 0.811. The summed E-state index contributed by atoms with van der Waals surface area (Å²) in [7, 11) is 0. The molecule has 4 heteroatoms. The molecule has 0 aliphatic carbocycles. The molecule has 0 atom stereocenters. The lowest BCUT2D eigenvalue weighted by Gasteiger charge is -2.18. The van der Waals surface area contributed by atoms with Crippen molar-refractivity contribution in [2.45, 2.75) is 26.7 Å². The first kappa shape index (κ1) is 12.9. The Bertz CT molecular complexity index is 603. The third-order valence-corrected chi connectivity index (χ3v) is 3.66. The number of rotatable bonds is 3. The standard InChI is InChI=1S/C16H20N4/c1-12-7-3-4-8-14(12)19-15-11-16(18-13(2)17-15)20-9-5-6-10-20/h3-4,7-8,11H,5-6,9-10H2,1-2H3,(H,17,18,19). The Hall–Kier alpha value is -2.10. The summed E-state index contributed by atoms with van der Waals surface area (Å²) < 4.78 is 0. The van der Waals surface area contributed by atoms with Gasteiger partial charge in [-0.2, -0.15) is 0 Å². The van der Waals surface area contributed by atoms with Gasteiger partial charge in [0.1, 0.15) is 17.5 Å². The highest BCUT2D eigenvalue weighted by atomic mass is 15.2. The quantitative estimate of drug-likeness (QED) is 0.926. The summed E-state index contributed by atoms with van der Waals surface area (Å²) in [4.78, 5) is 11.4. The lowest BCUT2D eigenvalue weighted by Crippen LogP contribution is -2.19. The summed E-state index contributed by atoms with van der Waals surface area (Å²) in [6.07, 6.45) is 2.51. The summed E-state index contributed by atoms with van der Waals surface area (Å²) >= 11 is 0. The van der Waals surface area contributed by atoms with Gasteiger partial charge >= 0.3 is 0 Å². The van der Waals surface area contributed by atoms with E-state index in [4.69, 9.17) is 0 Å². The third-order valence-electron chi connectivity index (χ3n) is 3.66. The van der Waals surface area contributed by atoms with Crippen molar-refractivity contribution in [2.75, 3.05) is 23.3 Å². The van der Waals surface area contributed by atoms with Crippen LogP contribution in [0.2, 0.25) is 0 Å². The van der Waals surface area contributed by atoms with Gasteiger partial charge < -0.3 is 10.2 Å². The van der Waals surface area contributed by atoms with Crippen molar-refractivity contribution in [3.8, 4) is 0 Å². The second-order valence-corrected chi connectivity index (χ2v) is 5.29. The minimum absolute atomic E-state index is 0.811. The van der Waals surface area contributed by atoms with E-state index >= 15 is 0 Å². The van der Waals surface area contributed by atoms with E-state index in [1.807, 2.05) is 25.1 Å². The average Bonchev–Trinajstić information content (AvgIpc) is 2.95. The molecule has 0 saturated carbocycles. The molecule has 20 heavy (non-hydrogen) atoms. The molecule has 0 bridgehead atoms. The summed E-state index contributed by atoms with van der Waals surface area (Å²) in [5.41, 5.74) is 2.31. The molecular weight excluding hydrogens is 248 g/mol. The molecular formula is C16H20N4. The lowest BCUT2D eigenvalue weighted by molar-refractivity contribution is 0.911. The molecule has 0 radical (unpaired) electrons. The van der Waals surface area contributed by atoms with Gasteiger partial charge in [0.25, 0.3) is 0 Å². The summed E-state index contributed by atoms with van der Waals surface area (Å²) in [6, 6.07) is 10.3. The van der Waals surface area contributed by atoms with Crippen LogP contribution in [0.1, 0.15) is 24.2 Å². The Kier molecular flexibility index (Phi) is 3.54. The average molecular weight is 268 g/mol. The topological polar surface area (TPSA) is 41.1 Å². The normalized spacial score (nSPS) is 14.6. The number of aromatic nitrogens is 2. The molecule has 1 aliphatic rings. The van der Waals surface area contributed by atoms with Gasteiger partial charge in [-0.05, 0) is 38.3 Å². The van der Waals surface area contributed by atoms with E-state index in [1.165, 1.54) is 18.4 Å². The van der Waals surface area contributed by atoms with Gasteiger partial charge in [0, 0.05) is 24.8 Å². The fraction of sp³-hybridized carbons (Fsp3) is 0.375. The zero-order valence-electron chi connectivity index (χ0n) is 12.1. The highest BCUT2D eigenvalue weighted by molar-refractivity contribution is 5.62. The molecule has 1 N–H and O–H groups in total. The fourth-order valence-corrected chi connectivity index (χ4v) is 2.58. The van der Waals surface area contributed by atoms with Crippen molar-refractivity contribution in [3.63, 3.8) is 0 Å². The zero-order valence-corrected chi connectivity index (χ0v) is 12.1. The molecule has 4 nitrogen and oxygen atoms in total. The number of hydrogen-bond donors (Lipinski definition) is 1. The minimum Gasteiger partial charge on any atom is -0.356 e. The first-order valence-electron chi connectivity index (χ1n) is 7.16. The first-order chi connectivity index (χ1) is 9.72. The Morgan fingerprint density at radius 1 is 1.05 bits per heavy atom. The smallest absolute Gasteiger partial charge is 0.136 e. The van der Waals surface area contributed by atoms with Crippen LogP contribution in [-0.2, 0) is 0 Å². The van der Waals surface area contributed by atoms with Crippen molar-refractivity contribution in [1.82, 2.24) is 9.97 Å². The van der Waals surface area contributed by atoms with Gasteiger partial charge in [-0.3, -0.25) is 0 Å². The Morgan fingerprint density at radius 3 is 2.55 bits per heavy atom. The van der Waals surface area contributed by atoms with Gasteiger partial charge in [0.05, 0.1) is 0 Å². The van der Waals surface area contributed by atoms with Crippen LogP contribution in [0, 0.1) is 13.8 Å². The van der Waals surface area contributed by atoms with Crippen LogP contribution < -0.4 is 10.2 Å². The highest BCUT2D eigenvalue weighted by Gasteiger charge is 2.15. The summed E-state index contributed by atoms with van der Waals surface area (Å²) in [5.74, 6) is 2.71. The van der Waals surface area contributed by atoms with E-state index < -0.39 is 0 Å². The van der Waals surface area contributed by atoms with E-state index in [1.54, 1.807) is 0 Å². The van der Waals surface area contributed by atoms with Gasteiger partial charge in [0.2, 0.25) is 0 Å². The van der Waals surface area contributed by atoms with E-state index in [0.29, 0.717) is 0 Å². The molecule has 1 aliphatic heterocycles. The Labute approximate surface area is 119 Å². The summed E-state index contributed by atoms with van der Waals surface area (Å²) in [6.45, 7) is 6.24. The van der Waals surface area contributed by atoms with Crippen LogP contribution in [-0.4, -0.2) is 23.1 Å². The Morgan fingerprint density at radius 2 is 1.80 bits per heavy atom. The van der Waals surface area contributed by atoms with Crippen LogP contribution >= 0.6 is 0 Å². The number of para-hydroxylation sites is 1. The third kappa shape index (κ3) is 2.74. The van der Waals surface area contributed by atoms with Gasteiger partial charge in [-0.25, -0.2) is 9.97 Å². The molecule has 0 amide bonds. The largest absolute Gasteiger partial charge is 0.356 e. The molecule has 1 aromatic carbocycles. The second-order valence-electron chi connectivity index (χ2n) is 5.29. The molecule has 104 valence electrons.